The van der Waals surface area contributed by atoms with Crippen molar-refractivity contribution < 1.29 is 5.11 Å². The van der Waals surface area contributed by atoms with Crippen molar-refractivity contribution in [3.63, 3.8) is 0 Å². The van der Waals surface area contributed by atoms with Crippen LogP contribution >= 0.6 is 11.8 Å². The SMILES string of the molecule is CC(C#N)CSCCCO. The van der Waals surface area contributed by atoms with Crippen LogP contribution in [0.5, 0.6) is 0 Å². The van der Waals surface area contributed by atoms with E-state index in [0.717, 1.165) is 17.9 Å². The summed E-state index contributed by atoms with van der Waals surface area (Å²) in [6.45, 7) is 2.17. The molecular weight excluding hydrogens is 146 g/mol. The van der Waals surface area contributed by atoms with Gasteiger partial charge < -0.3 is 5.11 Å². The van der Waals surface area contributed by atoms with Crippen molar-refractivity contribution in [2.75, 3.05) is 18.1 Å². The average molecular weight is 159 g/mol. The van der Waals surface area contributed by atoms with Crippen LogP contribution in [0.15, 0.2) is 0 Å². The number of aliphatic hydroxyl groups is 1. The number of hydrogen-bond donors (Lipinski definition) is 1. The van der Waals surface area contributed by atoms with Gasteiger partial charge in [0, 0.05) is 12.4 Å². The van der Waals surface area contributed by atoms with Crippen molar-refractivity contribution in [3.05, 3.63) is 0 Å². The first kappa shape index (κ1) is 9.80. The molecule has 1 atom stereocenters. The second-order valence-corrected chi connectivity index (χ2v) is 3.33. The fourth-order valence-electron chi connectivity index (χ4n) is 0.464. The van der Waals surface area contributed by atoms with Gasteiger partial charge in [-0.2, -0.15) is 17.0 Å². The topological polar surface area (TPSA) is 44.0 Å². The van der Waals surface area contributed by atoms with Crippen molar-refractivity contribution >= 4 is 11.8 Å². The van der Waals surface area contributed by atoms with Crippen LogP contribution in [0.2, 0.25) is 0 Å². The number of hydrogen-bond acceptors (Lipinski definition) is 3. The predicted molar refractivity (Wildman–Crippen MR) is 43.8 cm³/mol. The normalized spacial score (nSPS) is 12.5. The zero-order chi connectivity index (χ0) is 7.82. The van der Waals surface area contributed by atoms with Gasteiger partial charge in [-0.3, -0.25) is 0 Å². The molecule has 0 aliphatic rings. The Kier molecular flexibility index (Phi) is 6.78. The maximum absolute atomic E-state index is 8.41. The zero-order valence-corrected chi connectivity index (χ0v) is 7.02. The van der Waals surface area contributed by atoms with Crippen LogP contribution in [0.25, 0.3) is 0 Å². The van der Waals surface area contributed by atoms with E-state index in [2.05, 4.69) is 6.07 Å². The van der Waals surface area contributed by atoms with Crippen LogP contribution in [0, 0.1) is 17.2 Å². The summed E-state index contributed by atoms with van der Waals surface area (Å²) in [5.41, 5.74) is 0. The molecule has 0 saturated heterocycles. The summed E-state index contributed by atoms with van der Waals surface area (Å²) in [6, 6.07) is 2.16. The summed E-state index contributed by atoms with van der Waals surface area (Å²) >= 11 is 1.73. The Hall–Kier alpha value is -0.200. The Morgan fingerprint density at radius 2 is 2.40 bits per heavy atom. The van der Waals surface area contributed by atoms with Gasteiger partial charge in [0.2, 0.25) is 0 Å². The maximum atomic E-state index is 8.41. The average Bonchev–Trinajstić information content (AvgIpc) is 1.98. The van der Waals surface area contributed by atoms with Gasteiger partial charge >= 0.3 is 0 Å². The lowest BCUT2D eigenvalue weighted by Crippen LogP contribution is -1.95. The minimum atomic E-state index is 0.142. The van der Waals surface area contributed by atoms with Crippen LogP contribution in [-0.4, -0.2) is 23.2 Å². The van der Waals surface area contributed by atoms with Gasteiger partial charge in [0.05, 0.1) is 12.0 Å². The molecule has 0 radical (unpaired) electrons. The van der Waals surface area contributed by atoms with E-state index < -0.39 is 0 Å². The molecule has 0 aliphatic heterocycles. The van der Waals surface area contributed by atoms with E-state index in [1.54, 1.807) is 11.8 Å². The second kappa shape index (κ2) is 6.91. The minimum Gasteiger partial charge on any atom is -0.396 e. The molecule has 1 unspecified atom stereocenters. The predicted octanol–water partition coefficient (Wildman–Crippen LogP) is 1.26. The smallest absolute Gasteiger partial charge is 0.0661 e. The molecule has 0 heterocycles. The lowest BCUT2D eigenvalue weighted by molar-refractivity contribution is 0.296. The first-order valence-electron chi connectivity index (χ1n) is 3.39. The first-order valence-corrected chi connectivity index (χ1v) is 4.55. The third kappa shape index (κ3) is 5.93. The van der Waals surface area contributed by atoms with Gasteiger partial charge in [0.25, 0.3) is 0 Å². The number of thioether (sulfide) groups is 1. The summed E-state index contributed by atoms with van der Waals surface area (Å²) in [5, 5.41) is 16.8. The van der Waals surface area contributed by atoms with Gasteiger partial charge in [-0.15, -0.1) is 0 Å². The van der Waals surface area contributed by atoms with E-state index in [0.29, 0.717) is 0 Å². The molecule has 0 amide bonds. The van der Waals surface area contributed by atoms with E-state index >= 15 is 0 Å². The van der Waals surface area contributed by atoms with Crippen LogP contribution < -0.4 is 0 Å². The Labute approximate surface area is 66.2 Å². The van der Waals surface area contributed by atoms with Crippen molar-refractivity contribution in [1.29, 1.82) is 5.26 Å². The molecule has 1 N–H and O–H groups in total. The quantitative estimate of drug-likeness (QED) is 0.614. The van der Waals surface area contributed by atoms with Crippen molar-refractivity contribution in [2.24, 2.45) is 5.92 Å². The molecule has 0 aliphatic carbocycles. The Morgan fingerprint density at radius 1 is 1.70 bits per heavy atom. The van der Waals surface area contributed by atoms with E-state index in [9.17, 15) is 0 Å². The molecule has 0 spiro atoms. The highest BCUT2D eigenvalue weighted by atomic mass is 32.2. The van der Waals surface area contributed by atoms with Crippen molar-refractivity contribution in [2.45, 2.75) is 13.3 Å². The van der Waals surface area contributed by atoms with E-state index in [1.807, 2.05) is 6.92 Å². The maximum Gasteiger partial charge on any atom is 0.0661 e. The van der Waals surface area contributed by atoms with Crippen LogP contribution in [0.3, 0.4) is 0 Å². The van der Waals surface area contributed by atoms with Gasteiger partial charge in [-0.25, -0.2) is 0 Å². The monoisotopic (exact) mass is 159 g/mol. The summed E-state index contributed by atoms with van der Waals surface area (Å²) in [5.74, 6) is 1.99. The Balaban J connectivity index is 2.98. The van der Waals surface area contributed by atoms with Gasteiger partial charge in [-0.1, -0.05) is 0 Å². The van der Waals surface area contributed by atoms with Crippen molar-refractivity contribution in [3.8, 4) is 6.07 Å². The molecule has 0 saturated carbocycles. The third-order valence-corrected chi connectivity index (χ3v) is 2.35. The number of rotatable bonds is 5. The third-order valence-electron chi connectivity index (χ3n) is 1.04. The fraction of sp³-hybridized carbons (Fsp3) is 0.857. The van der Waals surface area contributed by atoms with E-state index in [-0.39, 0.29) is 12.5 Å². The van der Waals surface area contributed by atoms with Crippen LogP contribution in [-0.2, 0) is 0 Å². The molecule has 0 rings (SSSR count). The highest BCUT2D eigenvalue weighted by Crippen LogP contribution is 2.07. The highest BCUT2D eigenvalue weighted by Gasteiger charge is 1.97. The summed E-state index contributed by atoms with van der Waals surface area (Å²) in [7, 11) is 0. The van der Waals surface area contributed by atoms with Gasteiger partial charge in [-0.05, 0) is 19.1 Å². The molecule has 0 fully saturated rings. The molecule has 3 heteroatoms. The lowest BCUT2D eigenvalue weighted by Gasteiger charge is -1.99. The lowest BCUT2D eigenvalue weighted by atomic mass is 10.3. The zero-order valence-electron chi connectivity index (χ0n) is 6.21. The number of nitrogens with zero attached hydrogens (tertiary/aromatic N) is 1. The largest absolute Gasteiger partial charge is 0.396 e. The fourth-order valence-corrected chi connectivity index (χ4v) is 1.39. The summed E-state index contributed by atoms with van der Waals surface area (Å²) < 4.78 is 0. The van der Waals surface area contributed by atoms with Crippen LogP contribution in [0.4, 0.5) is 0 Å². The van der Waals surface area contributed by atoms with Crippen LogP contribution in [0.1, 0.15) is 13.3 Å². The Bertz CT molecular complexity index is 111. The standard InChI is InChI=1S/C7H13NOS/c1-7(5-8)6-10-4-2-3-9/h7,9H,2-4,6H2,1H3. The first-order chi connectivity index (χ1) is 4.81. The molecule has 10 heavy (non-hydrogen) atoms. The number of aliphatic hydroxyl groups excluding tert-OH is 1. The summed E-state index contributed by atoms with van der Waals surface area (Å²) in [6.07, 6.45) is 0.836. The van der Waals surface area contributed by atoms with Gasteiger partial charge in [0.15, 0.2) is 0 Å². The molecule has 0 bridgehead atoms. The molecule has 0 aromatic rings. The molecule has 58 valence electrons. The second-order valence-electron chi connectivity index (χ2n) is 2.18. The molecule has 2 nitrogen and oxygen atoms in total. The molecule has 0 aromatic carbocycles. The molecule has 0 aromatic heterocycles. The van der Waals surface area contributed by atoms with E-state index in [4.69, 9.17) is 10.4 Å². The number of nitriles is 1. The Morgan fingerprint density at radius 3 is 2.90 bits per heavy atom. The summed E-state index contributed by atoms with van der Waals surface area (Å²) in [4.78, 5) is 0. The van der Waals surface area contributed by atoms with Gasteiger partial charge in [0.1, 0.15) is 0 Å². The highest BCUT2D eigenvalue weighted by molar-refractivity contribution is 7.99. The van der Waals surface area contributed by atoms with E-state index in [1.165, 1.54) is 0 Å². The minimum absolute atomic E-state index is 0.142. The van der Waals surface area contributed by atoms with Crippen molar-refractivity contribution in [1.82, 2.24) is 0 Å². The molecular formula is C7H13NOS.